The number of hydrogen-bond donors (Lipinski definition) is 4. The monoisotopic (exact) mass is 374 g/mol. The van der Waals surface area contributed by atoms with E-state index >= 15 is 0 Å². The summed E-state index contributed by atoms with van der Waals surface area (Å²) in [5, 5.41) is 4.50. The Kier molecular flexibility index (Phi) is 3.77. The van der Waals surface area contributed by atoms with Gasteiger partial charge in [0.1, 0.15) is 6.04 Å². The summed E-state index contributed by atoms with van der Waals surface area (Å²) in [6.45, 7) is -0.0697. The normalized spacial score (nSPS) is 22.0. The summed E-state index contributed by atoms with van der Waals surface area (Å²) in [5.41, 5.74) is 16.4. The Morgan fingerprint density at radius 2 is 2.12 bits per heavy atom. The number of carbonyl (C=O) groups excluding carboxylic acids is 2. The smallest absolute Gasteiger partial charge is 0.370 e. The van der Waals surface area contributed by atoms with Crippen LogP contribution in [0.1, 0.15) is 23.3 Å². The van der Waals surface area contributed by atoms with Gasteiger partial charge >= 0.3 is 22.5 Å². The van der Waals surface area contributed by atoms with Crippen molar-refractivity contribution in [2.45, 2.75) is 12.1 Å². The van der Waals surface area contributed by atoms with E-state index in [0.717, 1.165) is 4.68 Å². The summed E-state index contributed by atoms with van der Waals surface area (Å²) in [6.07, 6.45) is 1.25. The number of hydrogen-bond acceptors (Lipinski definition) is 7. The Morgan fingerprint density at radius 1 is 1.44 bits per heavy atom. The van der Waals surface area contributed by atoms with Crippen molar-refractivity contribution in [2.24, 2.45) is 22.2 Å². The molecule has 3 rings (SSSR count). The summed E-state index contributed by atoms with van der Waals surface area (Å²) < 4.78 is 36.1. The van der Waals surface area contributed by atoms with E-state index in [0.29, 0.717) is 10.6 Å². The molecule has 25 heavy (non-hydrogen) atoms. The molecule has 2 aliphatic heterocycles. The lowest BCUT2D eigenvalue weighted by atomic mass is 9.98. The summed E-state index contributed by atoms with van der Waals surface area (Å²) in [6, 6.07) is -3.42. The quantitative estimate of drug-likeness (QED) is 0.252. The number of fused-ring (bicyclic) bond motifs is 4. The van der Waals surface area contributed by atoms with Crippen LogP contribution in [0.25, 0.3) is 0 Å². The van der Waals surface area contributed by atoms with Crippen molar-refractivity contribution >= 4 is 28.4 Å². The lowest BCUT2D eigenvalue weighted by Crippen LogP contribution is -2.37. The summed E-state index contributed by atoms with van der Waals surface area (Å²) in [5.74, 6) is -0.226. The van der Waals surface area contributed by atoms with E-state index < -0.39 is 34.5 Å². The third-order valence-corrected chi connectivity index (χ3v) is 4.11. The van der Waals surface area contributed by atoms with Gasteiger partial charge < -0.3 is 22.1 Å². The van der Waals surface area contributed by atoms with Gasteiger partial charge in [0.2, 0.25) is 0 Å². The lowest BCUT2D eigenvalue weighted by molar-refractivity contribution is -0.0317. The van der Waals surface area contributed by atoms with Gasteiger partial charge in [0.25, 0.3) is 0 Å². The predicted molar refractivity (Wildman–Crippen MR) is 79.9 cm³/mol. The number of carbonyl (C=O) groups is 2. The number of primary amides is 1. The van der Waals surface area contributed by atoms with Crippen molar-refractivity contribution in [3.63, 3.8) is 0 Å². The molecule has 136 valence electrons. The Labute approximate surface area is 140 Å². The third-order valence-electron chi connectivity index (χ3n) is 3.76. The van der Waals surface area contributed by atoms with E-state index in [1.54, 1.807) is 0 Å². The minimum atomic E-state index is -4.94. The second-order valence-electron chi connectivity index (χ2n) is 5.31. The fraction of sp³-hybridized carbons (Fsp3) is 0.400. The molecule has 3 heterocycles. The standard InChI is InChI=1S/C10H14N8O6S/c11-8(12)14-1-5-7-4(2-17(15-7)9(13)19)6-3-16(5)10(20)18(6)24-25(21,22)23/h2,5-6H,1,3H2,(H2,13,19)(H4,11,12,14)(H,21,22,23)/t5?,6-/m1/s1. The highest BCUT2D eigenvalue weighted by molar-refractivity contribution is 7.80. The summed E-state index contributed by atoms with van der Waals surface area (Å²) in [4.78, 5) is 28.8. The van der Waals surface area contributed by atoms with Crippen molar-refractivity contribution in [1.29, 1.82) is 0 Å². The van der Waals surface area contributed by atoms with Gasteiger partial charge in [0, 0.05) is 11.8 Å². The highest BCUT2D eigenvalue weighted by atomic mass is 32.3. The first kappa shape index (κ1) is 16.9. The van der Waals surface area contributed by atoms with Gasteiger partial charge in [-0.1, -0.05) is 0 Å². The first-order chi connectivity index (χ1) is 11.6. The molecule has 2 aliphatic rings. The zero-order valence-electron chi connectivity index (χ0n) is 12.5. The number of urea groups is 1. The predicted octanol–water partition coefficient (Wildman–Crippen LogP) is -2.35. The largest absolute Gasteiger partial charge is 0.418 e. The first-order valence-corrected chi connectivity index (χ1v) is 8.16. The van der Waals surface area contributed by atoms with E-state index in [2.05, 4.69) is 14.4 Å². The van der Waals surface area contributed by atoms with Crippen LogP contribution in [0.2, 0.25) is 0 Å². The van der Waals surface area contributed by atoms with Crippen molar-refractivity contribution in [1.82, 2.24) is 19.7 Å². The fourth-order valence-electron chi connectivity index (χ4n) is 2.82. The fourth-order valence-corrected chi connectivity index (χ4v) is 3.19. The molecule has 2 bridgehead atoms. The lowest BCUT2D eigenvalue weighted by Gasteiger charge is -2.28. The van der Waals surface area contributed by atoms with Crippen LogP contribution in [-0.2, 0) is 14.7 Å². The van der Waals surface area contributed by atoms with Crippen LogP contribution in [0.15, 0.2) is 11.2 Å². The molecular formula is C10H14N8O6S. The topological polar surface area (TPSA) is 212 Å². The molecule has 3 amide bonds. The molecule has 1 fully saturated rings. The number of aromatic nitrogens is 2. The molecule has 15 heteroatoms. The number of hydroxylamine groups is 2. The molecule has 1 aromatic heterocycles. The molecule has 0 spiro atoms. The van der Waals surface area contributed by atoms with Gasteiger partial charge in [-0.2, -0.15) is 23.3 Å². The van der Waals surface area contributed by atoms with E-state index in [-0.39, 0.29) is 24.7 Å². The second-order valence-corrected chi connectivity index (χ2v) is 6.32. The minimum Gasteiger partial charge on any atom is -0.370 e. The Hall–Kier alpha value is -2.91. The van der Waals surface area contributed by atoms with Gasteiger partial charge in [-0.15, -0.1) is 4.28 Å². The maximum absolute atomic E-state index is 12.4. The Bertz CT molecular complexity index is 874. The van der Waals surface area contributed by atoms with Crippen molar-refractivity contribution in [3.8, 4) is 0 Å². The molecule has 1 aromatic rings. The van der Waals surface area contributed by atoms with Gasteiger partial charge in [0.15, 0.2) is 5.96 Å². The van der Waals surface area contributed by atoms with E-state index in [9.17, 15) is 18.0 Å². The van der Waals surface area contributed by atoms with E-state index in [1.165, 1.54) is 11.1 Å². The van der Waals surface area contributed by atoms with Crippen molar-refractivity contribution in [2.75, 3.05) is 13.1 Å². The van der Waals surface area contributed by atoms with Crippen LogP contribution in [0.5, 0.6) is 0 Å². The summed E-state index contributed by atoms with van der Waals surface area (Å²) >= 11 is 0. The molecule has 2 atom stereocenters. The number of guanidine groups is 1. The highest BCUT2D eigenvalue weighted by Gasteiger charge is 2.51. The molecule has 1 saturated heterocycles. The molecule has 0 aliphatic carbocycles. The van der Waals surface area contributed by atoms with Crippen LogP contribution >= 0.6 is 0 Å². The SMILES string of the molecule is NC(=O)n1cc2c(n1)C(CN=C(N)N)N1C[C@H]2N(OS(=O)(=O)O)C1=O. The van der Waals surface area contributed by atoms with Crippen LogP contribution in [0.4, 0.5) is 9.59 Å². The van der Waals surface area contributed by atoms with E-state index in [1.807, 2.05) is 0 Å². The number of nitrogens with zero attached hydrogens (tertiary/aromatic N) is 5. The molecule has 0 radical (unpaired) electrons. The average Bonchev–Trinajstić information content (AvgIpc) is 3.02. The van der Waals surface area contributed by atoms with Gasteiger partial charge in [-0.3, -0.25) is 9.55 Å². The number of rotatable bonds is 4. The number of amides is 3. The van der Waals surface area contributed by atoms with Crippen molar-refractivity contribution in [3.05, 3.63) is 17.5 Å². The second kappa shape index (κ2) is 5.57. The molecule has 14 nitrogen and oxygen atoms in total. The van der Waals surface area contributed by atoms with Gasteiger partial charge in [-0.05, 0) is 0 Å². The average molecular weight is 374 g/mol. The number of aliphatic imine (C=N–C) groups is 1. The molecular weight excluding hydrogens is 360 g/mol. The molecule has 0 aromatic carbocycles. The van der Waals surface area contributed by atoms with Crippen LogP contribution in [0, 0.1) is 0 Å². The van der Waals surface area contributed by atoms with Crippen LogP contribution in [-0.4, -0.2) is 63.8 Å². The van der Waals surface area contributed by atoms with E-state index in [4.69, 9.17) is 21.8 Å². The van der Waals surface area contributed by atoms with Crippen LogP contribution in [0.3, 0.4) is 0 Å². The van der Waals surface area contributed by atoms with Crippen molar-refractivity contribution < 1.29 is 26.8 Å². The zero-order valence-corrected chi connectivity index (χ0v) is 13.3. The Morgan fingerprint density at radius 3 is 2.68 bits per heavy atom. The number of nitrogens with two attached hydrogens (primary N) is 3. The first-order valence-electron chi connectivity index (χ1n) is 6.80. The zero-order chi connectivity index (χ0) is 18.5. The third kappa shape index (κ3) is 2.94. The van der Waals surface area contributed by atoms with Gasteiger partial charge in [-0.25, -0.2) is 9.59 Å². The Balaban J connectivity index is 2.07. The highest BCUT2D eigenvalue weighted by Crippen LogP contribution is 2.43. The maximum atomic E-state index is 12.4. The van der Waals surface area contributed by atoms with Gasteiger partial charge in [0.05, 0.1) is 24.8 Å². The summed E-state index contributed by atoms with van der Waals surface area (Å²) in [7, 11) is -4.94. The molecule has 1 unspecified atom stereocenters. The maximum Gasteiger partial charge on any atom is 0.418 e. The molecule has 0 saturated carbocycles. The molecule has 7 N–H and O–H groups in total. The van der Waals surface area contributed by atoms with Crippen LogP contribution < -0.4 is 17.2 Å². The minimum absolute atomic E-state index is 0.0104.